The third-order valence-corrected chi connectivity index (χ3v) is 5.09. The van der Waals surface area contributed by atoms with Gasteiger partial charge in [-0.25, -0.2) is 4.98 Å². The SMILES string of the molecule is Cc1ccc(C(=O)NC(CO)c2ccccc2)cc1NC(=O)c1cnc2ccccn12. The first-order chi connectivity index (χ1) is 15.1. The molecule has 31 heavy (non-hydrogen) atoms. The predicted molar refractivity (Wildman–Crippen MR) is 118 cm³/mol. The van der Waals surface area contributed by atoms with Crippen LogP contribution in [0.3, 0.4) is 0 Å². The largest absolute Gasteiger partial charge is 0.394 e. The van der Waals surface area contributed by atoms with E-state index < -0.39 is 6.04 Å². The lowest BCUT2D eigenvalue weighted by atomic mass is 10.1. The molecule has 2 aromatic heterocycles. The number of hydrogen-bond acceptors (Lipinski definition) is 4. The molecule has 1 unspecified atom stereocenters. The summed E-state index contributed by atoms with van der Waals surface area (Å²) in [7, 11) is 0. The van der Waals surface area contributed by atoms with E-state index in [0.29, 0.717) is 22.6 Å². The third-order valence-electron chi connectivity index (χ3n) is 5.09. The van der Waals surface area contributed by atoms with Gasteiger partial charge in [0.25, 0.3) is 11.8 Å². The van der Waals surface area contributed by atoms with Crippen molar-refractivity contribution in [3.8, 4) is 0 Å². The van der Waals surface area contributed by atoms with Gasteiger partial charge in [0.05, 0.1) is 18.8 Å². The number of carbonyl (C=O) groups is 2. The Morgan fingerprint density at radius 1 is 1.03 bits per heavy atom. The van der Waals surface area contributed by atoms with Gasteiger partial charge in [0, 0.05) is 17.4 Å². The predicted octanol–water partition coefficient (Wildman–Crippen LogP) is 3.36. The summed E-state index contributed by atoms with van der Waals surface area (Å²) >= 11 is 0. The Balaban J connectivity index is 1.54. The fraction of sp³-hybridized carbons (Fsp3) is 0.125. The molecule has 3 N–H and O–H groups in total. The highest BCUT2D eigenvalue weighted by atomic mass is 16.3. The highest BCUT2D eigenvalue weighted by Crippen LogP contribution is 2.20. The van der Waals surface area contributed by atoms with E-state index in [9.17, 15) is 14.7 Å². The second-order valence-corrected chi connectivity index (χ2v) is 7.18. The van der Waals surface area contributed by atoms with E-state index in [-0.39, 0.29) is 18.4 Å². The first kappa shape index (κ1) is 20.3. The van der Waals surface area contributed by atoms with Crippen LogP contribution in [0.2, 0.25) is 0 Å². The number of benzene rings is 2. The Hall–Kier alpha value is -3.97. The minimum Gasteiger partial charge on any atom is -0.394 e. The zero-order chi connectivity index (χ0) is 21.8. The van der Waals surface area contributed by atoms with E-state index in [4.69, 9.17) is 0 Å². The average Bonchev–Trinajstić information content (AvgIpc) is 3.23. The van der Waals surface area contributed by atoms with Crippen LogP contribution in [0.4, 0.5) is 5.69 Å². The average molecular weight is 414 g/mol. The number of nitrogens with one attached hydrogen (secondary N) is 2. The van der Waals surface area contributed by atoms with Crippen LogP contribution >= 0.6 is 0 Å². The van der Waals surface area contributed by atoms with Crippen molar-refractivity contribution in [3.63, 3.8) is 0 Å². The fourth-order valence-electron chi connectivity index (χ4n) is 3.35. The summed E-state index contributed by atoms with van der Waals surface area (Å²) in [6.07, 6.45) is 3.29. The summed E-state index contributed by atoms with van der Waals surface area (Å²) < 4.78 is 1.70. The molecule has 0 fully saturated rings. The molecule has 7 heteroatoms. The summed E-state index contributed by atoms with van der Waals surface area (Å²) in [4.78, 5) is 29.9. The summed E-state index contributed by atoms with van der Waals surface area (Å²) in [6, 6.07) is 19.3. The van der Waals surface area contributed by atoms with Crippen LogP contribution in [-0.4, -0.2) is 32.9 Å². The first-order valence-corrected chi connectivity index (χ1v) is 9.87. The van der Waals surface area contributed by atoms with Crippen molar-refractivity contribution in [1.82, 2.24) is 14.7 Å². The third kappa shape index (κ3) is 4.31. The molecule has 4 aromatic rings. The fourth-order valence-corrected chi connectivity index (χ4v) is 3.35. The van der Waals surface area contributed by atoms with Gasteiger partial charge in [0.15, 0.2) is 0 Å². The first-order valence-electron chi connectivity index (χ1n) is 9.87. The molecule has 0 radical (unpaired) electrons. The molecule has 0 aliphatic carbocycles. The van der Waals surface area contributed by atoms with Crippen LogP contribution in [0.15, 0.2) is 79.1 Å². The van der Waals surface area contributed by atoms with Crippen molar-refractivity contribution in [2.45, 2.75) is 13.0 Å². The Morgan fingerprint density at radius 3 is 2.58 bits per heavy atom. The molecular weight excluding hydrogens is 392 g/mol. The maximum atomic E-state index is 12.8. The Kier molecular flexibility index (Phi) is 5.77. The lowest BCUT2D eigenvalue weighted by molar-refractivity contribution is 0.0915. The maximum absolute atomic E-state index is 12.8. The number of pyridine rings is 1. The van der Waals surface area contributed by atoms with Crippen LogP contribution < -0.4 is 10.6 Å². The monoisotopic (exact) mass is 414 g/mol. The molecule has 156 valence electrons. The second-order valence-electron chi connectivity index (χ2n) is 7.18. The van der Waals surface area contributed by atoms with Gasteiger partial charge in [-0.15, -0.1) is 0 Å². The molecule has 0 saturated heterocycles. The molecule has 2 amide bonds. The van der Waals surface area contributed by atoms with Gasteiger partial charge in [0.2, 0.25) is 0 Å². The lowest BCUT2D eigenvalue weighted by Crippen LogP contribution is -2.30. The number of aliphatic hydroxyl groups is 1. The normalized spacial score (nSPS) is 11.8. The Labute approximate surface area is 179 Å². The van der Waals surface area contributed by atoms with E-state index in [1.54, 1.807) is 28.8 Å². The van der Waals surface area contributed by atoms with Crippen molar-refractivity contribution in [3.05, 3.63) is 102 Å². The maximum Gasteiger partial charge on any atom is 0.274 e. The molecular formula is C24H22N4O3. The zero-order valence-corrected chi connectivity index (χ0v) is 16.9. The molecule has 2 heterocycles. The molecule has 0 aliphatic heterocycles. The number of imidazole rings is 1. The van der Waals surface area contributed by atoms with Crippen molar-refractivity contribution in [2.24, 2.45) is 0 Å². The topological polar surface area (TPSA) is 95.7 Å². The number of aliphatic hydroxyl groups excluding tert-OH is 1. The number of hydrogen-bond donors (Lipinski definition) is 3. The highest BCUT2D eigenvalue weighted by molar-refractivity contribution is 6.05. The van der Waals surface area contributed by atoms with Crippen LogP contribution in [0.5, 0.6) is 0 Å². The number of amides is 2. The summed E-state index contributed by atoms with van der Waals surface area (Å²) in [5.41, 5.74) is 3.62. The van der Waals surface area contributed by atoms with Crippen molar-refractivity contribution < 1.29 is 14.7 Å². The minimum absolute atomic E-state index is 0.223. The van der Waals surface area contributed by atoms with Crippen molar-refractivity contribution >= 4 is 23.1 Å². The number of anilines is 1. The van der Waals surface area contributed by atoms with Gasteiger partial charge in [-0.2, -0.15) is 0 Å². The van der Waals surface area contributed by atoms with Crippen LogP contribution in [-0.2, 0) is 0 Å². The number of nitrogens with zero attached hydrogens (tertiary/aromatic N) is 2. The minimum atomic E-state index is -0.522. The Morgan fingerprint density at radius 2 is 1.81 bits per heavy atom. The number of aromatic nitrogens is 2. The molecule has 0 spiro atoms. The van der Waals surface area contributed by atoms with E-state index in [1.807, 2.05) is 55.5 Å². The lowest BCUT2D eigenvalue weighted by Gasteiger charge is -2.17. The quantitative estimate of drug-likeness (QED) is 0.451. The molecule has 0 aliphatic rings. The van der Waals surface area contributed by atoms with Crippen molar-refractivity contribution in [2.75, 3.05) is 11.9 Å². The van der Waals surface area contributed by atoms with Gasteiger partial charge in [-0.3, -0.25) is 14.0 Å². The van der Waals surface area contributed by atoms with Gasteiger partial charge < -0.3 is 15.7 Å². The van der Waals surface area contributed by atoms with E-state index in [2.05, 4.69) is 15.6 Å². The highest BCUT2D eigenvalue weighted by Gasteiger charge is 2.17. The van der Waals surface area contributed by atoms with E-state index >= 15 is 0 Å². The molecule has 4 rings (SSSR count). The van der Waals surface area contributed by atoms with E-state index in [1.165, 1.54) is 6.20 Å². The molecule has 0 bridgehead atoms. The smallest absolute Gasteiger partial charge is 0.274 e. The summed E-state index contributed by atoms with van der Waals surface area (Å²) in [5, 5.41) is 15.4. The Bertz CT molecular complexity index is 1230. The van der Waals surface area contributed by atoms with Crippen LogP contribution in [0.25, 0.3) is 5.65 Å². The number of fused-ring (bicyclic) bond motifs is 1. The number of rotatable bonds is 6. The molecule has 0 saturated carbocycles. The van der Waals surface area contributed by atoms with Crippen LogP contribution in [0.1, 0.15) is 38.0 Å². The number of aryl methyl sites for hydroxylation is 1. The van der Waals surface area contributed by atoms with Crippen molar-refractivity contribution in [1.29, 1.82) is 0 Å². The second kappa shape index (κ2) is 8.81. The summed E-state index contributed by atoms with van der Waals surface area (Å²) in [6.45, 7) is 1.63. The number of carbonyl (C=O) groups excluding carboxylic acids is 2. The van der Waals surface area contributed by atoms with Gasteiger partial charge >= 0.3 is 0 Å². The van der Waals surface area contributed by atoms with Gasteiger partial charge in [-0.05, 0) is 42.3 Å². The standard InChI is InChI=1S/C24H22N4O3/c1-16-10-11-18(23(30)27-20(15-29)17-7-3-2-4-8-17)13-19(16)26-24(31)21-14-25-22-9-5-6-12-28(21)22/h2-14,20,29H,15H2,1H3,(H,26,31)(H,27,30). The molecule has 2 aromatic carbocycles. The van der Waals surface area contributed by atoms with Crippen LogP contribution in [0, 0.1) is 6.92 Å². The van der Waals surface area contributed by atoms with Gasteiger partial charge in [0.1, 0.15) is 11.3 Å². The molecule has 7 nitrogen and oxygen atoms in total. The summed E-state index contributed by atoms with van der Waals surface area (Å²) in [5.74, 6) is -0.662. The zero-order valence-electron chi connectivity index (χ0n) is 16.9. The molecule has 1 atom stereocenters. The van der Waals surface area contributed by atoms with Gasteiger partial charge in [-0.1, -0.05) is 42.5 Å². The van der Waals surface area contributed by atoms with E-state index in [0.717, 1.165) is 11.1 Å².